The minimum Gasteiger partial charge on any atom is -0.495 e. The van der Waals surface area contributed by atoms with Crippen LogP contribution in [0.1, 0.15) is 23.5 Å². The smallest absolute Gasteiger partial charge is 0.234 e. The van der Waals surface area contributed by atoms with Gasteiger partial charge in [0.2, 0.25) is 11.8 Å². The molecule has 9 heteroatoms. The van der Waals surface area contributed by atoms with E-state index in [2.05, 4.69) is 32.6 Å². The lowest BCUT2D eigenvalue weighted by molar-refractivity contribution is -0.121. The molecule has 0 unspecified atom stereocenters. The number of halogens is 2. The number of hydrogen-bond acceptors (Lipinski definition) is 5. The van der Waals surface area contributed by atoms with Crippen molar-refractivity contribution >= 4 is 56.8 Å². The first-order valence-corrected chi connectivity index (χ1v) is 11.4. The minimum absolute atomic E-state index is 0.0389. The van der Waals surface area contributed by atoms with Crippen molar-refractivity contribution in [3.8, 4) is 11.8 Å². The molecule has 6 nitrogen and oxygen atoms in total. The molecule has 0 aliphatic carbocycles. The number of allylic oxidation sites excluding steroid dienone is 1. The monoisotopic (exact) mass is 519 g/mol. The van der Waals surface area contributed by atoms with Crippen LogP contribution >= 0.6 is 39.3 Å². The van der Waals surface area contributed by atoms with Crippen molar-refractivity contribution in [3.05, 3.63) is 67.6 Å². The van der Waals surface area contributed by atoms with E-state index < -0.39 is 5.92 Å². The molecule has 2 aromatic carbocycles. The number of nitrogens with zero attached hydrogens (tertiary/aromatic N) is 1. The molecule has 160 valence electrons. The Morgan fingerprint density at radius 2 is 2.16 bits per heavy atom. The van der Waals surface area contributed by atoms with Crippen molar-refractivity contribution in [2.24, 2.45) is 0 Å². The Balaban J connectivity index is 1.78. The molecule has 2 aromatic rings. The lowest BCUT2D eigenvalue weighted by atomic mass is 9.87. The molecular formula is C22H19BrClN3O3S. The number of ether oxygens (including phenoxy) is 1. The largest absolute Gasteiger partial charge is 0.495 e. The first-order chi connectivity index (χ1) is 14.8. The van der Waals surface area contributed by atoms with Crippen molar-refractivity contribution in [1.82, 2.24) is 5.32 Å². The van der Waals surface area contributed by atoms with Crippen LogP contribution in [0.2, 0.25) is 5.02 Å². The van der Waals surface area contributed by atoms with Crippen LogP contribution in [0, 0.1) is 18.3 Å². The van der Waals surface area contributed by atoms with Crippen LogP contribution in [-0.4, -0.2) is 24.7 Å². The Morgan fingerprint density at radius 1 is 1.39 bits per heavy atom. The molecule has 31 heavy (non-hydrogen) atoms. The maximum absolute atomic E-state index is 12.4. The molecule has 0 saturated carbocycles. The van der Waals surface area contributed by atoms with Gasteiger partial charge in [0.1, 0.15) is 5.75 Å². The first kappa shape index (κ1) is 23.2. The molecule has 2 N–H and O–H groups in total. The Labute approximate surface area is 198 Å². The number of anilines is 1. The van der Waals surface area contributed by atoms with Gasteiger partial charge in [-0.1, -0.05) is 35.5 Å². The van der Waals surface area contributed by atoms with Gasteiger partial charge in [-0.05, 0) is 58.2 Å². The second kappa shape index (κ2) is 10.2. The maximum Gasteiger partial charge on any atom is 0.234 e. The van der Waals surface area contributed by atoms with Crippen LogP contribution in [0.4, 0.5) is 5.69 Å². The highest BCUT2D eigenvalue weighted by atomic mass is 79.9. The number of nitriles is 1. The first-order valence-electron chi connectivity index (χ1n) is 9.28. The van der Waals surface area contributed by atoms with E-state index in [-0.39, 0.29) is 24.0 Å². The molecule has 0 bridgehead atoms. The zero-order chi connectivity index (χ0) is 22.5. The number of aryl methyl sites for hydroxylation is 1. The average molecular weight is 521 g/mol. The standard InChI is InChI=1S/C22H19BrClN3O3S/c1-12-3-5-18(16(23)7-12)26-21(29)11-31-22-15(10-25)14(9-20(28)27-22)13-4-6-19(30-2)17(24)8-13/h3-8,14H,9,11H2,1-2H3,(H,26,29)(H,27,28)/t14-/m1/s1. The molecule has 1 aliphatic heterocycles. The summed E-state index contributed by atoms with van der Waals surface area (Å²) in [5, 5.41) is 16.1. The number of hydrogen-bond donors (Lipinski definition) is 2. The number of carbonyl (C=O) groups excluding carboxylic acids is 2. The van der Waals surface area contributed by atoms with Crippen LogP contribution in [0.25, 0.3) is 0 Å². The van der Waals surface area contributed by atoms with Gasteiger partial charge in [0.25, 0.3) is 0 Å². The average Bonchev–Trinajstić information content (AvgIpc) is 2.73. The summed E-state index contributed by atoms with van der Waals surface area (Å²) in [7, 11) is 1.52. The van der Waals surface area contributed by atoms with Gasteiger partial charge in [-0.15, -0.1) is 0 Å². The number of rotatable bonds is 6. The van der Waals surface area contributed by atoms with Gasteiger partial charge in [0.15, 0.2) is 0 Å². The lowest BCUT2D eigenvalue weighted by Crippen LogP contribution is -2.31. The molecule has 0 aromatic heterocycles. The molecule has 0 radical (unpaired) electrons. The Bertz CT molecular complexity index is 1110. The summed E-state index contributed by atoms with van der Waals surface area (Å²) in [6.07, 6.45) is 0.123. The van der Waals surface area contributed by atoms with Gasteiger partial charge in [-0.3, -0.25) is 9.59 Å². The Hall–Kier alpha value is -2.47. The predicted octanol–water partition coefficient (Wildman–Crippen LogP) is 5.13. The van der Waals surface area contributed by atoms with Crippen molar-refractivity contribution in [1.29, 1.82) is 5.26 Å². The number of methoxy groups -OCH3 is 1. The van der Waals surface area contributed by atoms with E-state index in [1.165, 1.54) is 7.11 Å². The van der Waals surface area contributed by atoms with Crippen molar-refractivity contribution in [2.45, 2.75) is 19.3 Å². The number of thioether (sulfide) groups is 1. The number of benzene rings is 2. The van der Waals surface area contributed by atoms with Gasteiger partial charge in [-0.2, -0.15) is 5.26 Å². The van der Waals surface area contributed by atoms with Crippen LogP contribution in [0.5, 0.6) is 5.75 Å². The third kappa shape index (κ3) is 5.62. The highest BCUT2D eigenvalue weighted by molar-refractivity contribution is 9.10. The molecular weight excluding hydrogens is 502 g/mol. The zero-order valence-electron chi connectivity index (χ0n) is 16.8. The summed E-state index contributed by atoms with van der Waals surface area (Å²) >= 11 is 10.8. The van der Waals surface area contributed by atoms with Crippen LogP contribution < -0.4 is 15.4 Å². The van der Waals surface area contributed by atoms with Gasteiger partial charge in [0, 0.05) is 16.8 Å². The van der Waals surface area contributed by atoms with Gasteiger partial charge >= 0.3 is 0 Å². The van der Waals surface area contributed by atoms with Gasteiger partial charge in [0.05, 0.1) is 40.2 Å². The maximum atomic E-state index is 12.4. The van der Waals surface area contributed by atoms with E-state index in [4.69, 9.17) is 16.3 Å². The van der Waals surface area contributed by atoms with Crippen LogP contribution in [0.3, 0.4) is 0 Å². The summed E-state index contributed by atoms with van der Waals surface area (Å²) in [5.41, 5.74) is 2.86. The summed E-state index contributed by atoms with van der Waals surface area (Å²) in [6.45, 7) is 1.96. The minimum atomic E-state index is -0.445. The summed E-state index contributed by atoms with van der Waals surface area (Å²) in [6, 6.07) is 13.0. The van der Waals surface area contributed by atoms with Crippen molar-refractivity contribution in [3.63, 3.8) is 0 Å². The highest BCUT2D eigenvalue weighted by Gasteiger charge is 2.30. The van der Waals surface area contributed by atoms with E-state index in [9.17, 15) is 14.9 Å². The van der Waals surface area contributed by atoms with Crippen molar-refractivity contribution < 1.29 is 14.3 Å². The summed E-state index contributed by atoms with van der Waals surface area (Å²) < 4.78 is 5.95. The third-order valence-electron chi connectivity index (χ3n) is 4.68. The SMILES string of the molecule is COc1ccc([C@H]2CC(=O)NC(SCC(=O)Nc3ccc(C)cc3Br)=C2C#N)cc1Cl. The van der Waals surface area contributed by atoms with E-state index in [0.717, 1.165) is 27.4 Å². The topological polar surface area (TPSA) is 91.2 Å². The molecule has 0 spiro atoms. The quantitative estimate of drug-likeness (QED) is 0.551. The lowest BCUT2D eigenvalue weighted by Gasteiger charge is -2.25. The second-order valence-electron chi connectivity index (χ2n) is 6.87. The normalized spacial score (nSPS) is 15.8. The van der Waals surface area contributed by atoms with E-state index in [1.54, 1.807) is 18.2 Å². The van der Waals surface area contributed by atoms with Crippen LogP contribution in [0.15, 0.2) is 51.5 Å². The zero-order valence-corrected chi connectivity index (χ0v) is 20.0. The van der Waals surface area contributed by atoms with Gasteiger partial charge in [-0.25, -0.2) is 0 Å². The predicted molar refractivity (Wildman–Crippen MR) is 126 cm³/mol. The number of nitrogens with one attached hydrogen (secondary N) is 2. The van der Waals surface area contributed by atoms with Gasteiger partial charge < -0.3 is 15.4 Å². The summed E-state index contributed by atoms with van der Waals surface area (Å²) in [5.74, 6) is -0.360. The molecule has 1 atom stereocenters. The van der Waals surface area contributed by atoms with E-state index in [1.807, 2.05) is 25.1 Å². The molecule has 3 rings (SSSR count). The Morgan fingerprint density at radius 3 is 2.81 bits per heavy atom. The van der Waals surface area contributed by atoms with Crippen LogP contribution in [-0.2, 0) is 9.59 Å². The number of amides is 2. The third-order valence-corrected chi connectivity index (χ3v) is 6.65. The number of carbonyl (C=O) groups is 2. The van der Waals surface area contributed by atoms with E-state index in [0.29, 0.717) is 27.1 Å². The second-order valence-corrected chi connectivity index (χ2v) is 9.12. The summed E-state index contributed by atoms with van der Waals surface area (Å²) in [4.78, 5) is 24.7. The van der Waals surface area contributed by atoms with E-state index >= 15 is 0 Å². The molecule has 0 fully saturated rings. The Kier molecular flexibility index (Phi) is 7.65. The molecule has 1 heterocycles. The molecule has 0 saturated heterocycles. The molecule has 1 aliphatic rings. The molecule has 2 amide bonds. The fourth-order valence-corrected chi connectivity index (χ4v) is 4.90. The highest BCUT2D eigenvalue weighted by Crippen LogP contribution is 2.38. The van der Waals surface area contributed by atoms with Crippen molar-refractivity contribution in [2.75, 3.05) is 18.2 Å². The fourth-order valence-electron chi connectivity index (χ4n) is 3.16. The fraction of sp³-hybridized carbons (Fsp3) is 0.227.